The van der Waals surface area contributed by atoms with Gasteiger partial charge in [0.15, 0.2) is 0 Å². The summed E-state index contributed by atoms with van der Waals surface area (Å²) in [5.74, 6) is 0.842. The maximum atomic E-state index is 7.27. The topological polar surface area (TPSA) is 36.9 Å². The van der Waals surface area contributed by atoms with Crippen molar-refractivity contribution in [2.24, 2.45) is 0 Å². The van der Waals surface area contributed by atoms with E-state index in [1.54, 1.807) is 18.9 Å². The molecule has 0 N–H and O–H groups in total. The van der Waals surface area contributed by atoms with E-state index < -0.39 is 8.32 Å². The van der Waals surface area contributed by atoms with E-state index >= 15 is 0 Å². The Morgan fingerprint density at radius 1 is 0.780 bits per heavy atom. The third kappa shape index (κ3) is 6.96. The molecule has 1 heterocycles. The molecule has 6 heteroatoms. The predicted octanol–water partition coefficient (Wildman–Crippen LogP) is 7.06. The summed E-state index contributed by atoms with van der Waals surface area (Å²) < 4.78 is 25.9. The summed E-state index contributed by atoms with van der Waals surface area (Å²) in [6.07, 6.45) is 0.525. The second kappa shape index (κ2) is 13.4. The highest BCUT2D eigenvalue weighted by Gasteiger charge is 2.51. The van der Waals surface area contributed by atoms with Crippen LogP contribution in [0.4, 0.5) is 0 Å². The summed E-state index contributed by atoms with van der Waals surface area (Å²) in [7, 11) is -1.01. The van der Waals surface area contributed by atoms with Crippen LogP contribution in [0.2, 0.25) is 5.04 Å². The number of hydrogen-bond acceptors (Lipinski definition) is 5. The number of rotatable bonds is 11. The van der Waals surface area contributed by atoms with Crippen molar-refractivity contribution in [2.75, 3.05) is 13.7 Å². The lowest BCUT2D eigenvalue weighted by molar-refractivity contribution is -0.0395. The Hall–Kier alpha value is -2.87. The van der Waals surface area contributed by atoms with E-state index in [0.717, 1.165) is 17.7 Å². The van der Waals surface area contributed by atoms with Crippen molar-refractivity contribution in [3.8, 4) is 5.75 Å². The second-order valence-electron chi connectivity index (χ2n) is 11.4. The summed E-state index contributed by atoms with van der Waals surface area (Å²) in [5.41, 5.74) is 1.10. The van der Waals surface area contributed by atoms with Gasteiger partial charge in [0.2, 0.25) is 0 Å². The first-order valence-corrected chi connectivity index (χ1v) is 17.0. The molecule has 0 aliphatic carbocycles. The highest BCUT2D eigenvalue weighted by molar-refractivity contribution is 7.99. The van der Waals surface area contributed by atoms with E-state index in [-0.39, 0.29) is 22.7 Å². The number of ether oxygens (including phenoxy) is 3. The van der Waals surface area contributed by atoms with Crippen LogP contribution in [0, 0.1) is 0 Å². The first-order chi connectivity index (χ1) is 19.9. The van der Waals surface area contributed by atoms with Crippen molar-refractivity contribution < 1.29 is 18.6 Å². The van der Waals surface area contributed by atoms with Crippen LogP contribution in [0.15, 0.2) is 120 Å². The van der Waals surface area contributed by atoms with Crippen LogP contribution in [-0.4, -0.2) is 39.7 Å². The third-order valence-electron chi connectivity index (χ3n) is 7.68. The minimum Gasteiger partial charge on any atom is -0.497 e. The minimum atomic E-state index is -2.70. The van der Waals surface area contributed by atoms with Gasteiger partial charge in [-0.25, -0.2) is 0 Å². The zero-order chi connectivity index (χ0) is 28.7. The highest BCUT2D eigenvalue weighted by atomic mass is 32.2. The van der Waals surface area contributed by atoms with Gasteiger partial charge in [0.05, 0.1) is 26.4 Å². The first-order valence-electron chi connectivity index (χ1n) is 14.3. The van der Waals surface area contributed by atoms with Crippen LogP contribution in [0.1, 0.15) is 32.8 Å². The lowest BCUT2D eigenvalue weighted by Gasteiger charge is -2.43. The molecule has 0 unspecified atom stereocenters. The average Bonchev–Trinajstić information content (AvgIpc) is 3.38. The summed E-state index contributed by atoms with van der Waals surface area (Å²) in [4.78, 5) is 1.19. The fourth-order valence-electron chi connectivity index (χ4n) is 5.62. The molecule has 0 spiro atoms. The van der Waals surface area contributed by atoms with Crippen LogP contribution < -0.4 is 15.1 Å². The molecule has 1 fully saturated rings. The quantitative estimate of drug-likeness (QED) is 0.176. The summed E-state index contributed by atoms with van der Waals surface area (Å²) in [6, 6.07) is 40.0. The van der Waals surface area contributed by atoms with Crippen LogP contribution in [0.3, 0.4) is 0 Å². The number of thioether (sulfide) groups is 1. The van der Waals surface area contributed by atoms with Crippen molar-refractivity contribution in [3.63, 3.8) is 0 Å². The zero-order valence-electron chi connectivity index (χ0n) is 24.4. The van der Waals surface area contributed by atoms with Crippen molar-refractivity contribution in [2.45, 2.75) is 61.4 Å². The minimum absolute atomic E-state index is 0.00831. The molecule has 4 aromatic rings. The molecular weight excluding hydrogens is 545 g/mol. The van der Waals surface area contributed by atoms with Crippen LogP contribution in [0.5, 0.6) is 5.75 Å². The van der Waals surface area contributed by atoms with Crippen molar-refractivity contribution in [1.29, 1.82) is 0 Å². The fourth-order valence-corrected chi connectivity index (χ4v) is 11.3. The molecule has 5 rings (SSSR count). The van der Waals surface area contributed by atoms with Gasteiger partial charge in [-0.15, -0.1) is 0 Å². The molecule has 0 aromatic heterocycles. The van der Waals surface area contributed by atoms with E-state index in [9.17, 15) is 0 Å². The molecule has 1 saturated heterocycles. The molecule has 0 radical (unpaired) electrons. The maximum Gasteiger partial charge on any atom is 0.261 e. The first kappa shape index (κ1) is 29.6. The maximum absolute atomic E-state index is 7.27. The largest absolute Gasteiger partial charge is 0.497 e. The van der Waals surface area contributed by atoms with Crippen LogP contribution in [0.25, 0.3) is 0 Å². The number of hydrogen-bond donors (Lipinski definition) is 0. The molecule has 1 aliphatic rings. The van der Waals surface area contributed by atoms with Crippen molar-refractivity contribution in [3.05, 3.63) is 121 Å². The Labute approximate surface area is 250 Å². The molecule has 41 heavy (non-hydrogen) atoms. The molecule has 1 aliphatic heterocycles. The Balaban J connectivity index is 1.40. The molecule has 0 bridgehead atoms. The van der Waals surface area contributed by atoms with E-state index in [1.807, 2.05) is 18.2 Å². The summed E-state index contributed by atoms with van der Waals surface area (Å²) in [6.45, 7) is 7.89. The van der Waals surface area contributed by atoms with E-state index in [1.165, 1.54) is 15.3 Å². The standard InChI is InChI=1S/C35H40O4SSi/c1-35(2,3)41(30-16-10-6-11-17-30,31-18-12-7-13-19-31)38-26-33-32(37-25-27-20-22-28(36-4)23-21-27)24-34(39-33)40-29-14-8-5-9-15-29/h5-23,32-34H,24-26H2,1-4H3/t32-,33-,34-/m0/s1. The van der Waals surface area contributed by atoms with Gasteiger partial charge < -0.3 is 18.6 Å². The van der Waals surface area contributed by atoms with Crippen LogP contribution >= 0.6 is 11.8 Å². The van der Waals surface area contributed by atoms with Crippen LogP contribution in [-0.2, 0) is 20.5 Å². The number of benzene rings is 4. The molecule has 0 amide bonds. The van der Waals surface area contributed by atoms with Gasteiger partial charge in [-0.1, -0.05) is 124 Å². The molecule has 4 aromatic carbocycles. The van der Waals surface area contributed by atoms with Gasteiger partial charge >= 0.3 is 0 Å². The van der Waals surface area contributed by atoms with Gasteiger partial charge in [0.25, 0.3) is 8.32 Å². The molecule has 0 saturated carbocycles. The lowest BCUT2D eigenvalue weighted by atomic mass is 10.2. The summed E-state index contributed by atoms with van der Waals surface area (Å²) >= 11 is 1.75. The molecule has 214 valence electrons. The smallest absolute Gasteiger partial charge is 0.261 e. The van der Waals surface area contributed by atoms with Gasteiger partial charge in [-0.05, 0) is 45.2 Å². The van der Waals surface area contributed by atoms with Gasteiger partial charge in [0.1, 0.15) is 17.3 Å². The number of methoxy groups -OCH3 is 1. The van der Waals surface area contributed by atoms with Gasteiger partial charge in [-0.2, -0.15) is 0 Å². The average molecular weight is 585 g/mol. The van der Waals surface area contributed by atoms with Crippen molar-refractivity contribution >= 4 is 30.5 Å². The fraction of sp³-hybridized carbons (Fsp3) is 0.314. The molecule has 4 nitrogen and oxygen atoms in total. The SMILES string of the molecule is COc1ccc(CO[C@H]2C[C@H](Sc3ccccc3)O[C@H]2CO[Si](c2ccccc2)(c2ccccc2)C(C)(C)C)cc1. The van der Waals surface area contributed by atoms with Gasteiger partial charge in [-0.3, -0.25) is 0 Å². The Bertz CT molecular complexity index is 1300. The van der Waals surface area contributed by atoms with E-state index in [2.05, 4.69) is 118 Å². The van der Waals surface area contributed by atoms with Gasteiger partial charge in [0, 0.05) is 11.3 Å². The third-order valence-corrected chi connectivity index (χ3v) is 13.8. The highest BCUT2D eigenvalue weighted by Crippen LogP contribution is 2.39. The molecule has 3 atom stereocenters. The van der Waals surface area contributed by atoms with E-state index in [4.69, 9.17) is 18.6 Å². The Morgan fingerprint density at radius 3 is 1.88 bits per heavy atom. The van der Waals surface area contributed by atoms with Crippen molar-refractivity contribution in [1.82, 2.24) is 0 Å². The zero-order valence-corrected chi connectivity index (χ0v) is 26.2. The normalized spacial score (nSPS) is 19.3. The Morgan fingerprint density at radius 2 is 1.34 bits per heavy atom. The Kier molecular flexibility index (Phi) is 9.68. The lowest BCUT2D eigenvalue weighted by Crippen LogP contribution is -2.67. The molecular formula is C35H40O4SSi. The second-order valence-corrected chi connectivity index (χ2v) is 17.0. The monoisotopic (exact) mass is 584 g/mol. The van der Waals surface area contributed by atoms with E-state index in [0.29, 0.717) is 13.2 Å². The summed E-state index contributed by atoms with van der Waals surface area (Å²) in [5, 5.41) is 2.43. The predicted molar refractivity (Wildman–Crippen MR) is 171 cm³/mol.